The third-order valence-electron chi connectivity index (χ3n) is 3.73. The monoisotopic (exact) mass is 321 g/mol. The molecule has 0 aliphatic carbocycles. The van der Waals surface area contributed by atoms with Gasteiger partial charge in [0.25, 0.3) is 0 Å². The Kier molecular flexibility index (Phi) is 4.37. The minimum absolute atomic E-state index is 0.120. The molecule has 1 amide bonds. The Labute approximate surface area is 132 Å². The number of nitrogens with zero attached hydrogens (tertiary/aromatic N) is 2. The van der Waals surface area contributed by atoms with Crippen molar-refractivity contribution in [3.8, 4) is 0 Å². The van der Waals surface area contributed by atoms with Crippen molar-refractivity contribution in [3.05, 3.63) is 38.0 Å². The molecule has 4 nitrogen and oxygen atoms in total. The Morgan fingerprint density at radius 3 is 3.19 bits per heavy atom. The fraction of sp³-hybridized carbons (Fsp3) is 0.467. The Balaban J connectivity index is 1.53. The lowest BCUT2D eigenvalue weighted by Crippen LogP contribution is -2.41. The van der Waals surface area contributed by atoms with Crippen LogP contribution in [-0.2, 0) is 17.8 Å². The highest BCUT2D eigenvalue weighted by Gasteiger charge is 2.21. The van der Waals surface area contributed by atoms with E-state index in [0.717, 1.165) is 24.5 Å². The molecule has 1 aliphatic heterocycles. The summed E-state index contributed by atoms with van der Waals surface area (Å²) in [4.78, 5) is 21.3. The number of hydrogen-bond acceptors (Lipinski definition) is 5. The molecule has 1 unspecified atom stereocenters. The molecule has 1 N–H and O–H groups in total. The quantitative estimate of drug-likeness (QED) is 0.942. The Morgan fingerprint density at radius 2 is 2.43 bits per heavy atom. The highest BCUT2D eigenvalue weighted by atomic mass is 32.1. The van der Waals surface area contributed by atoms with Crippen LogP contribution in [-0.4, -0.2) is 28.9 Å². The number of hydrogen-bond donors (Lipinski definition) is 1. The molecule has 3 rings (SSSR count). The van der Waals surface area contributed by atoms with Gasteiger partial charge in [0.15, 0.2) is 0 Å². The van der Waals surface area contributed by atoms with Gasteiger partial charge in [-0.05, 0) is 37.3 Å². The first kappa shape index (κ1) is 14.7. The smallest absolute Gasteiger partial charge is 0.236 e. The van der Waals surface area contributed by atoms with Gasteiger partial charge in [0, 0.05) is 29.0 Å². The van der Waals surface area contributed by atoms with Crippen LogP contribution in [0.4, 0.5) is 0 Å². The topological polar surface area (TPSA) is 45.2 Å². The largest absolute Gasteiger partial charge is 0.337 e. The zero-order valence-corrected chi connectivity index (χ0v) is 13.9. The predicted octanol–water partition coefficient (Wildman–Crippen LogP) is 2.75. The highest BCUT2D eigenvalue weighted by Crippen LogP contribution is 2.24. The summed E-state index contributed by atoms with van der Waals surface area (Å²) in [5.41, 5.74) is 1.31. The predicted molar refractivity (Wildman–Crippen MR) is 86.7 cm³/mol. The van der Waals surface area contributed by atoms with Crippen LogP contribution in [0.3, 0.4) is 0 Å². The molecule has 0 saturated heterocycles. The molecule has 0 aromatic carbocycles. The van der Waals surface area contributed by atoms with Gasteiger partial charge in [-0.3, -0.25) is 10.1 Å². The summed E-state index contributed by atoms with van der Waals surface area (Å²) >= 11 is 3.47. The van der Waals surface area contributed by atoms with E-state index in [1.165, 1.54) is 15.3 Å². The average Bonchev–Trinajstić information content (AvgIpc) is 3.12. The zero-order chi connectivity index (χ0) is 14.8. The standard InChI is InChI=1S/C15H19N3OS2/c1-10-7-17-15(21-10)11(2)16-8-14(19)18-5-3-13-12(9-18)4-6-20-13/h4,6-7,11,16H,3,5,8-9H2,1-2H3. The Bertz CT molecular complexity index is 634. The minimum Gasteiger partial charge on any atom is -0.337 e. The van der Waals surface area contributed by atoms with E-state index in [1.807, 2.05) is 18.0 Å². The van der Waals surface area contributed by atoms with Crippen molar-refractivity contribution in [1.29, 1.82) is 0 Å². The lowest BCUT2D eigenvalue weighted by Gasteiger charge is -2.27. The van der Waals surface area contributed by atoms with Crippen molar-refractivity contribution in [2.75, 3.05) is 13.1 Å². The van der Waals surface area contributed by atoms with Gasteiger partial charge in [-0.25, -0.2) is 4.98 Å². The molecule has 6 heteroatoms. The molecule has 0 saturated carbocycles. The summed E-state index contributed by atoms with van der Waals surface area (Å²) in [6, 6.07) is 2.25. The first-order chi connectivity index (χ1) is 10.1. The van der Waals surface area contributed by atoms with Crippen LogP contribution in [0.1, 0.15) is 33.3 Å². The maximum absolute atomic E-state index is 12.3. The summed E-state index contributed by atoms with van der Waals surface area (Å²) in [7, 11) is 0. The zero-order valence-electron chi connectivity index (χ0n) is 12.3. The number of carbonyl (C=O) groups is 1. The molecule has 1 atom stereocenters. The van der Waals surface area contributed by atoms with Crippen molar-refractivity contribution in [3.63, 3.8) is 0 Å². The first-order valence-electron chi connectivity index (χ1n) is 7.12. The van der Waals surface area contributed by atoms with Crippen LogP contribution in [0, 0.1) is 6.92 Å². The van der Waals surface area contributed by atoms with E-state index in [-0.39, 0.29) is 11.9 Å². The van der Waals surface area contributed by atoms with Gasteiger partial charge in [0.05, 0.1) is 12.6 Å². The third kappa shape index (κ3) is 3.33. The maximum Gasteiger partial charge on any atom is 0.236 e. The molecule has 2 aromatic heterocycles. The van der Waals surface area contributed by atoms with Crippen molar-refractivity contribution in [2.45, 2.75) is 32.9 Å². The molecule has 0 bridgehead atoms. The summed E-state index contributed by atoms with van der Waals surface area (Å²) < 4.78 is 0. The van der Waals surface area contributed by atoms with E-state index in [4.69, 9.17) is 0 Å². The molecule has 21 heavy (non-hydrogen) atoms. The van der Waals surface area contributed by atoms with Gasteiger partial charge >= 0.3 is 0 Å². The molecular formula is C15H19N3OS2. The van der Waals surface area contributed by atoms with Gasteiger partial charge in [0.1, 0.15) is 5.01 Å². The van der Waals surface area contributed by atoms with Gasteiger partial charge in [-0.15, -0.1) is 22.7 Å². The molecule has 112 valence electrons. The van der Waals surface area contributed by atoms with Crippen molar-refractivity contribution >= 4 is 28.6 Å². The number of fused-ring (bicyclic) bond motifs is 1. The number of aryl methyl sites for hydroxylation is 1. The van der Waals surface area contributed by atoms with Crippen molar-refractivity contribution in [1.82, 2.24) is 15.2 Å². The lowest BCUT2D eigenvalue weighted by molar-refractivity contribution is -0.131. The number of amides is 1. The SMILES string of the molecule is Cc1cnc(C(C)NCC(=O)N2CCc3sccc3C2)s1. The Hall–Kier alpha value is -1.24. The van der Waals surface area contributed by atoms with E-state index >= 15 is 0 Å². The Morgan fingerprint density at radius 1 is 1.57 bits per heavy atom. The second-order valence-corrected chi connectivity index (χ2v) is 7.61. The summed E-state index contributed by atoms with van der Waals surface area (Å²) in [6.07, 6.45) is 2.86. The van der Waals surface area contributed by atoms with Gasteiger partial charge in [0.2, 0.25) is 5.91 Å². The number of rotatable bonds is 4. The summed E-state index contributed by atoms with van der Waals surface area (Å²) in [5, 5.41) is 6.44. The van der Waals surface area contributed by atoms with E-state index in [9.17, 15) is 4.79 Å². The number of thiazole rings is 1. The number of aromatic nitrogens is 1. The van der Waals surface area contributed by atoms with Crippen LogP contribution in [0.5, 0.6) is 0 Å². The minimum atomic E-state index is 0.120. The fourth-order valence-corrected chi connectivity index (χ4v) is 4.16. The van der Waals surface area contributed by atoms with Crippen molar-refractivity contribution < 1.29 is 4.79 Å². The van der Waals surface area contributed by atoms with E-state index in [1.54, 1.807) is 22.7 Å². The third-order valence-corrected chi connectivity index (χ3v) is 5.85. The van der Waals surface area contributed by atoms with E-state index < -0.39 is 0 Å². The summed E-state index contributed by atoms with van der Waals surface area (Å²) in [6.45, 7) is 6.06. The molecule has 0 fully saturated rings. The van der Waals surface area contributed by atoms with E-state index in [2.05, 4.69) is 28.7 Å². The molecule has 0 spiro atoms. The van der Waals surface area contributed by atoms with Crippen LogP contribution < -0.4 is 5.32 Å². The normalized spacial score (nSPS) is 15.8. The molecule has 1 aliphatic rings. The van der Waals surface area contributed by atoms with Gasteiger partial charge < -0.3 is 4.90 Å². The lowest BCUT2D eigenvalue weighted by atomic mass is 10.1. The second-order valence-electron chi connectivity index (χ2n) is 5.35. The van der Waals surface area contributed by atoms with Crippen molar-refractivity contribution in [2.24, 2.45) is 0 Å². The van der Waals surface area contributed by atoms with E-state index in [0.29, 0.717) is 6.54 Å². The summed E-state index contributed by atoms with van der Waals surface area (Å²) in [5.74, 6) is 0.173. The average molecular weight is 321 g/mol. The maximum atomic E-state index is 12.3. The van der Waals surface area contributed by atoms with Crippen LogP contribution in [0.2, 0.25) is 0 Å². The highest BCUT2D eigenvalue weighted by molar-refractivity contribution is 7.11. The van der Waals surface area contributed by atoms with Gasteiger partial charge in [-0.1, -0.05) is 0 Å². The second kappa shape index (κ2) is 6.25. The van der Waals surface area contributed by atoms with Gasteiger partial charge in [-0.2, -0.15) is 0 Å². The molecule has 0 radical (unpaired) electrons. The van der Waals surface area contributed by atoms with Crippen LogP contribution >= 0.6 is 22.7 Å². The first-order valence-corrected chi connectivity index (χ1v) is 8.82. The fourth-order valence-electron chi connectivity index (χ4n) is 2.47. The van der Waals surface area contributed by atoms with Crippen LogP contribution in [0.15, 0.2) is 17.6 Å². The number of thiophene rings is 1. The van der Waals surface area contributed by atoms with Crippen LogP contribution in [0.25, 0.3) is 0 Å². The number of nitrogens with one attached hydrogen (secondary N) is 1. The molecule has 2 aromatic rings. The molecular weight excluding hydrogens is 302 g/mol. The number of carbonyl (C=O) groups excluding carboxylic acids is 1. The molecule has 3 heterocycles.